The van der Waals surface area contributed by atoms with Crippen LogP contribution in [0, 0.1) is 0 Å². The second-order valence-electron chi connectivity index (χ2n) is 3.64. The molecule has 0 aliphatic heterocycles. The molecule has 0 aliphatic carbocycles. The summed E-state index contributed by atoms with van der Waals surface area (Å²) in [4.78, 5) is 16.2. The van der Waals surface area contributed by atoms with E-state index in [0.717, 1.165) is 4.88 Å². The minimum Gasteiger partial charge on any atom is -0.472 e. The Bertz CT molecular complexity index is 540. The molecule has 0 radical (unpaired) electrons. The van der Waals surface area contributed by atoms with Crippen LogP contribution in [0.15, 0.2) is 29.6 Å². The van der Waals surface area contributed by atoms with Crippen molar-refractivity contribution in [1.29, 1.82) is 0 Å². The largest absolute Gasteiger partial charge is 0.472 e. The lowest BCUT2D eigenvalue weighted by Gasteiger charge is -2.08. The average molecular weight is 263 g/mol. The van der Waals surface area contributed by atoms with Gasteiger partial charge in [-0.3, -0.25) is 4.79 Å². The van der Waals surface area contributed by atoms with Crippen molar-refractivity contribution in [1.82, 2.24) is 4.98 Å². The molecule has 2 aromatic rings. The minimum atomic E-state index is -0.218. The quantitative estimate of drug-likeness (QED) is 0.887. The van der Waals surface area contributed by atoms with Gasteiger partial charge in [0.05, 0.1) is 5.69 Å². The zero-order chi connectivity index (χ0) is 13.0. The normalized spacial score (nSPS) is 10.1. The summed E-state index contributed by atoms with van der Waals surface area (Å²) in [7, 11) is 0. The first-order valence-corrected chi connectivity index (χ1v) is 6.22. The molecule has 0 saturated heterocycles. The van der Waals surface area contributed by atoms with Gasteiger partial charge in [0.25, 0.3) is 0 Å². The van der Waals surface area contributed by atoms with Crippen LogP contribution in [0.3, 0.4) is 0 Å². The predicted octanol–water partition coefficient (Wildman–Crippen LogP) is 2.26. The number of carbonyl (C=O) groups excluding carboxylic acids is 1. The van der Waals surface area contributed by atoms with Crippen molar-refractivity contribution in [2.45, 2.75) is 13.5 Å². The lowest BCUT2D eigenvalue weighted by molar-refractivity contribution is -0.114. The highest BCUT2D eigenvalue weighted by Gasteiger charge is 2.05. The number of nitrogens with zero attached hydrogens (tertiary/aromatic N) is 1. The van der Waals surface area contributed by atoms with Crippen molar-refractivity contribution in [2.24, 2.45) is 0 Å². The molecule has 0 aromatic carbocycles. The number of hydrogen-bond acceptors (Lipinski definition) is 5. The van der Waals surface area contributed by atoms with Crippen molar-refractivity contribution in [3.8, 4) is 5.88 Å². The van der Waals surface area contributed by atoms with Crippen LogP contribution in [-0.4, -0.2) is 10.9 Å². The van der Waals surface area contributed by atoms with Gasteiger partial charge in [-0.25, -0.2) is 0 Å². The third kappa shape index (κ3) is 3.21. The van der Waals surface area contributed by atoms with E-state index >= 15 is 0 Å². The molecule has 0 spiro atoms. The zero-order valence-corrected chi connectivity index (χ0v) is 10.7. The number of pyridine rings is 1. The maximum Gasteiger partial charge on any atom is 0.222 e. The van der Waals surface area contributed by atoms with E-state index in [2.05, 4.69) is 10.3 Å². The molecule has 0 unspecified atom stereocenters. The molecule has 94 valence electrons. The number of ether oxygens (including phenoxy) is 1. The van der Waals surface area contributed by atoms with Crippen molar-refractivity contribution in [3.05, 3.63) is 34.5 Å². The smallest absolute Gasteiger partial charge is 0.222 e. The van der Waals surface area contributed by atoms with Gasteiger partial charge in [0, 0.05) is 17.9 Å². The Morgan fingerprint density at radius 1 is 1.50 bits per heavy atom. The van der Waals surface area contributed by atoms with Gasteiger partial charge < -0.3 is 15.8 Å². The summed E-state index contributed by atoms with van der Waals surface area (Å²) in [6.07, 6.45) is 0. The number of nitrogen functional groups attached to an aromatic ring is 1. The Hall–Kier alpha value is -2.08. The van der Waals surface area contributed by atoms with Crippen molar-refractivity contribution in [3.63, 3.8) is 0 Å². The van der Waals surface area contributed by atoms with Gasteiger partial charge in [0.2, 0.25) is 11.8 Å². The molecule has 0 bridgehead atoms. The molecule has 0 aliphatic rings. The van der Waals surface area contributed by atoms with Crippen LogP contribution in [0.1, 0.15) is 11.8 Å². The number of thiophene rings is 1. The van der Waals surface area contributed by atoms with E-state index in [0.29, 0.717) is 24.0 Å². The number of rotatable bonds is 4. The first-order valence-electron chi connectivity index (χ1n) is 5.34. The summed E-state index contributed by atoms with van der Waals surface area (Å²) in [5.41, 5.74) is 6.11. The highest BCUT2D eigenvalue weighted by atomic mass is 32.1. The third-order valence-electron chi connectivity index (χ3n) is 2.14. The molecule has 3 N–H and O–H groups in total. The molecule has 5 nitrogen and oxygen atoms in total. The molecule has 1 amide bonds. The fourth-order valence-electron chi connectivity index (χ4n) is 1.34. The van der Waals surface area contributed by atoms with E-state index in [4.69, 9.17) is 10.5 Å². The number of nitrogens with two attached hydrogens (primary N) is 1. The van der Waals surface area contributed by atoms with Gasteiger partial charge in [-0.2, -0.15) is 4.98 Å². The van der Waals surface area contributed by atoms with E-state index in [1.807, 2.05) is 17.5 Å². The second-order valence-corrected chi connectivity index (χ2v) is 4.67. The molecule has 2 rings (SSSR count). The lowest BCUT2D eigenvalue weighted by Crippen LogP contribution is -2.10. The van der Waals surface area contributed by atoms with Crippen LogP contribution >= 0.6 is 11.3 Å². The van der Waals surface area contributed by atoms with Crippen LogP contribution in [0.4, 0.5) is 11.5 Å². The number of amides is 1. The summed E-state index contributed by atoms with van der Waals surface area (Å²) in [5.74, 6) is 0.539. The standard InChI is InChI=1S/C12H13N3O2S/c1-8(16)14-12-10(13)4-5-11(15-12)17-7-9-3-2-6-18-9/h2-6H,7,13H2,1H3,(H,14,15,16). The molecule has 0 atom stereocenters. The molecular formula is C12H13N3O2S. The molecule has 0 fully saturated rings. The molecule has 2 aromatic heterocycles. The maximum atomic E-state index is 11.0. The number of carbonyl (C=O) groups is 1. The third-order valence-corrected chi connectivity index (χ3v) is 2.99. The Morgan fingerprint density at radius 3 is 3.00 bits per heavy atom. The number of aromatic nitrogens is 1. The summed E-state index contributed by atoms with van der Waals surface area (Å²) in [6.45, 7) is 1.86. The number of nitrogens with one attached hydrogen (secondary N) is 1. The predicted molar refractivity (Wildman–Crippen MR) is 71.6 cm³/mol. The van der Waals surface area contributed by atoms with Gasteiger partial charge >= 0.3 is 0 Å². The summed E-state index contributed by atoms with van der Waals surface area (Å²) in [6, 6.07) is 7.27. The fraction of sp³-hybridized carbons (Fsp3) is 0.167. The van der Waals surface area contributed by atoms with Crippen LogP contribution in [0.5, 0.6) is 5.88 Å². The van der Waals surface area contributed by atoms with Crippen LogP contribution in [0.25, 0.3) is 0 Å². The van der Waals surface area contributed by atoms with Gasteiger partial charge in [0.15, 0.2) is 5.82 Å². The van der Waals surface area contributed by atoms with Crippen molar-refractivity contribution >= 4 is 28.7 Å². The van der Waals surface area contributed by atoms with Crippen LogP contribution < -0.4 is 15.8 Å². The van der Waals surface area contributed by atoms with Gasteiger partial charge in [-0.1, -0.05) is 6.07 Å². The fourth-order valence-corrected chi connectivity index (χ4v) is 1.96. The summed E-state index contributed by atoms with van der Waals surface area (Å²) < 4.78 is 5.52. The Morgan fingerprint density at radius 2 is 2.33 bits per heavy atom. The van der Waals surface area contributed by atoms with Gasteiger partial charge in [0.1, 0.15) is 6.61 Å². The van der Waals surface area contributed by atoms with E-state index < -0.39 is 0 Å². The molecule has 18 heavy (non-hydrogen) atoms. The Labute approximate surface area is 109 Å². The van der Waals surface area contributed by atoms with Gasteiger partial charge in [-0.05, 0) is 17.5 Å². The van der Waals surface area contributed by atoms with Crippen molar-refractivity contribution in [2.75, 3.05) is 11.1 Å². The van der Waals surface area contributed by atoms with E-state index in [1.165, 1.54) is 6.92 Å². The highest BCUT2D eigenvalue weighted by molar-refractivity contribution is 7.09. The number of hydrogen-bond donors (Lipinski definition) is 2. The van der Waals surface area contributed by atoms with Crippen molar-refractivity contribution < 1.29 is 9.53 Å². The maximum absolute atomic E-state index is 11.0. The highest BCUT2D eigenvalue weighted by Crippen LogP contribution is 2.21. The average Bonchev–Trinajstić information content (AvgIpc) is 2.82. The Kier molecular flexibility index (Phi) is 3.78. The van der Waals surface area contributed by atoms with Crippen LogP contribution in [-0.2, 0) is 11.4 Å². The first-order chi connectivity index (χ1) is 8.65. The molecule has 0 saturated carbocycles. The molecular weight excluding hydrogens is 250 g/mol. The van der Waals surface area contributed by atoms with E-state index in [-0.39, 0.29) is 5.91 Å². The second kappa shape index (κ2) is 5.50. The van der Waals surface area contributed by atoms with Crippen LogP contribution in [0.2, 0.25) is 0 Å². The molecule has 2 heterocycles. The SMILES string of the molecule is CC(=O)Nc1nc(OCc2cccs2)ccc1N. The first kappa shape index (κ1) is 12.4. The Balaban J connectivity index is 2.06. The lowest BCUT2D eigenvalue weighted by atomic mass is 10.4. The zero-order valence-electron chi connectivity index (χ0n) is 9.84. The van der Waals surface area contributed by atoms with E-state index in [1.54, 1.807) is 23.5 Å². The van der Waals surface area contributed by atoms with Gasteiger partial charge in [-0.15, -0.1) is 11.3 Å². The monoisotopic (exact) mass is 263 g/mol. The minimum absolute atomic E-state index is 0.218. The number of anilines is 2. The topological polar surface area (TPSA) is 77.2 Å². The summed E-state index contributed by atoms with van der Waals surface area (Å²) in [5, 5.41) is 4.54. The summed E-state index contributed by atoms with van der Waals surface area (Å²) >= 11 is 1.61. The van der Waals surface area contributed by atoms with E-state index in [9.17, 15) is 4.79 Å². The molecule has 6 heteroatoms.